The molecule has 1 aromatic carbocycles. The summed E-state index contributed by atoms with van der Waals surface area (Å²) in [4.78, 5) is 16.9. The van der Waals surface area contributed by atoms with Gasteiger partial charge in [0, 0.05) is 31.9 Å². The summed E-state index contributed by atoms with van der Waals surface area (Å²) in [5.74, 6) is 0.533. The number of H-pyrrole nitrogens is 1. The van der Waals surface area contributed by atoms with E-state index in [1.165, 1.54) is 23.7 Å². The fourth-order valence-electron chi connectivity index (χ4n) is 4.10. The van der Waals surface area contributed by atoms with E-state index in [9.17, 15) is 4.79 Å². The van der Waals surface area contributed by atoms with Crippen molar-refractivity contribution >= 4 is 16.8 Å². The van der Waals surface area contributed by atoms with Crippen LogP contribution in [0.1, 0.15) is 29.0 Å². The van der Waals surface area contributed by atoms with Gasteiger partial charge in [-0.15, -0.1) is 0 Å². The summed E-state index contributed by atoms with van der Waals surface area (Å²) < 4.78 is 2.17. The number of carbonyl (C=O) groups is 1. The maximum Gasteiger partial charge on any atom is 0.274 e. The van der Waals surface area contributed by atoms with E-state index in [-0.39, 0.29) is 5.91 Å². The number of carbonyl (C=O) groups excluding carboxylic acids is 1. The second-order valence-electron chi connectivity index (χ2n) is 7.74. The number of aromatic nitrogens is 3. The lowest BCUT2D eigenvalue weighted by Gasteiger charge is -2.32. The number of nitrogens with zero attached hydrogens (tertiary/aromatic N) is 4. The fraction of sp³-hybridized carbons (Fsp3) is 0.429. The van der Waals surface area contributed by atoms with E-state index in [4.69, 9.17) is 0 Å². The van der Waals surface area contributed by atoms with Crippen LogP contribution in [0, 0.1) is 5.92 Å². The van der Waals surface area contributed by atoms with Gasteiger partial charge in [-0.05, 0) is 55.9 Å². The van der Waals surface area contributed by atoms with E-state index in [1.807, 2.05) is 30.1 Å². The zero-order chi connectivity index (χ0) is 18.8. The zero-order valence-electron chi connectivity index (χ0n) is 16.1. The quantitative estimate of drug-likeness (QED) is 0.756. The molecule has 27 heavy (non-hydrogen) atoms. The van der Waals surface area contributed by atoms with Gasteiger partial charge in [0.05, 0.1) is 12.2 Å². The molecule has 1 atom stereocenters. The number of benzene rings is 1. The van der Waals surface area contributed by atoms with Gasteiger partial charge in [0.2, 0.25) is 0 Å². The maximum atomic E-state index is 12.8. The molecule has 0 radical (unpaired) electrons. The molecule has 0 unspecified atom stereocenters. The first-order valence-corrected chi connectivity index (χ1v) is 9.62. The zero-order valence-corrected chi connectivity index (χ0v) is 16.1. The van der Waals surface area contributed by atoms with Crippen molar-refractivity contribution in [1.82, 2.24) is 24.6 Å². The molecule has 0 saturated carbocycles. The van der Waals surface area contributed by atoms with Crippen LogP contribution in [-0.2, 0) is 6.54 Å². The highest BCUT2D eigenvalue weighted by atomic mass is 16.2. The summed E-state index contributed by atoms with van der Waals surface area (Å²) in [6.07, 6.45) is 4.47. The topological polar surface area (TPSA) is 57.2 Å². The first-order chi connectivity index (χ1) is 13.1. The molecule has 142 valence electrons. The van der Waals surface area contributed by atoms with Crippen molar-refractivity contribution in [1.29, 1.82) is 0 Å². The van der Waals surface area contributed by atoms with Gasteiger partial charge in [-0.25, -0.2) is 0 Å². The van der Waals surface area contributed by atoms with Crippen molar-refractivity contribution < 1.29 is 4.79 Å². The largest absolute Gasteiger partial charge is 0.341 e. The molecule has 3 heterocycles. The third kappa shape index (κ3) is 3.90. The van der Waals surface area contributed by atoms with Crippen molar-refractivity contribution in [3.05, 3.63) is 54.0 Å². The minimum Gasteiger partial charge on any atom is -0.341 e. The van der Waals surface area contributed by atoms with Crippen molar-refractivity contribution in [2.75, 3.05) is 33.7 Å². The molecule has 3 aromatic rings. The molecule has 0 aliphatic carbocycles. The Kier molecular flexibility index (Phi) is 4.99. The van der Waals surface area contributed by atoms with E-state index < -0.39 is 0 Å². The lowest BCUT2D eigenvalue weighted by Crippen LogP contribution is -2.40. The molecule has 4 rings (SSSR count). The Hall–Kier alpha value is -2.60. The van der Waals surface area contributed by atoms with Crippen LogP contribution in [0.15, 0.2) is 42.6 Å². The Morgan fingerprint density at radius 2 is 2.19 bits per heavy atom. The Morgan fingerprint density at radius 3 is 3.04 bits per heavy atom. The minimum absolute atomic E-state index is 0.0110. The van der Waals surface area contributed by atoms with Crippen molar-refractivity contribution in [3.63, 3.8) is 0 Å². The van der Waals surface area contributed by atoms with Crippen LogP contribution in [0.4, 0.5) is 0 Å². The van der Waals surface area contributed by atoms with Gasteiger partial charge in [0.15, 0.2) is 0 Å². The highest BCUT2D eigenvalue weighted by Crippen LogP contribution is 2.18. The highest BCUT2D eigenvalue weighted by molar-refractivity contribution is 5.92. The van der Waals surface area contributed by atoms with E-state index >= 15 is 0 Å². The molecule has 1 fully saturated rings. The summed E-state index contributed by atoms with van der Waals surface area (Å²) in [5.41, 5.74) is 2.61. The van der Waals surface area contributed by atoms with E-state index in [1.54, 1.807) is 0 Å². The lowest BCUT2D eigenvalue weighted by atomic mass is 9.98. The van der Waals surface area contributed by atoms with Crippen molar-refractivity contribution in [2.45, 2.75) is 19.4 Å². The Labute approximate surface area is 159 Å². The van der Waals surface area contributed by atoms with E-state index in [0.29, 0.717) is 18.2 Å². The minimum atomic E-state index is -0.0110. The summed E-state index contributed by atoms with van der Waals surface area (Å²) >= 11 is 0. The van der Waals surface area contributed by atoms with Crippen LogP contribution in [0.3, 0.4) is 0 Å². The molecule has 1 amide bonds. The van der Waals surface area contributed by atoms with E-state index in [2.05, 4.69) is 51.1 Å². The van der Waals surface area contributed by atoms with Gasteiger partial charge < -0.3 is 14.4 Å². The molecular weight excluding hydrogens is 338 g/mol. The average Bonchev–Trinajstić information content (AvgIpc) is 3.29. The fourth-order valence-corrected chi connectivity index (χ4v) is 4.10. The third-order valence-corrected chi connectivity index (χ3v) is 5.47. The standard InChI is InChI=1S/C21H27N5O/c1-24-10-5-6-16(13-24)14-25(2)21(27)19-12-18(22-23-19)15-26-11-9-17-7-3-4-8-20(17)26/h3-4,7-9,11-12,16H,5-6,10,13-15H2,1-2H3,(H,22,23)/t16-/m0/s1. The van der Waals surface area contributed by atoms with Crippen molar-refractivity contribution in [3.8, 4) is 0 Å². The number of hydrogen-bond donors (Lipinski definition) is 1. The van der Waals surface area contributed by atoms with E-state index in [0.717, 1.165) is 25.3 Å². The average molecular weight is 365 g/mol. The van der Waals surface area contributed by atoms with Gasteiger partial charge in [0.1, 0.15) is 5.69 Å². The smallest absolute Gasteiger partial charge is 0.274 e. The van der Waals surface area contributed by atoms with Gasteiger partial charge in [0.25, 0.3) is 5.91 Å². The number of para-hydroxylation sites is 1. The number of nitrogens with one attached hydrogen (secondary N) is 1. The SMILES string of the molecule is CN1CCC[C@H](CN(C)C(=O)c2cc(Cn3ccc4ccccc43)[nH]n2)C1. The molecule has 1 saturated heterocycles. The molecule has 6 heteroatoms. The number of fused-ring (bicyclic) bond motifs is 1. The van der Waals surface area contributed by atoms with Gasteiger partial charge in [-0.3, -0.25) is 9.89 Å². The molecule has 0 bridgehead atoms. The summed E-state index contributed by atoms with van der Waals surface area (Å²) in [6.45, 7) is 3.67. The molecule has 0 spiro atoms. The summed E-state index contributed by atoms with van der Waals surface area (Å²) in [6, 6.07) is 12.3. The number of rotatable bonds is 5. The number of piperidine rings is 1. The van der Waals surface area contributed by atoms with Crippen molar-refractivity contribution in [2.24, 2.45) is 5.92 Å². The highest BCUT2D eigenvalue weighted by Gasteiger charge is 2.22. The Bertz CT molecular complexity index is 927. The molecule has 1 aliphatic rings. The first kappa shape index (κ1) is 17.8. The number of amides is 1. The van der Waals surface area contributed by atoms with Crippen LogP contribution in [-0.4, -0.2) is 64.2 Å². The molecular formula is C21H27N5O. The second-order valence-corrected chi connectivity index (χ2v) is 7.74. The number of aromatic amines is 1. The molecule has 2 aromatic heterocycles. The van der Waals surface area contributed by atoms with Gasteiger partial charge in [-0.1, -0.05) is 18.2 Å². The van der Waals surface area contributed by atoms with Crippen LogP contribution in [0.25, 0.3) is 10.9 Å². The third-order valence-electron chi connectivity index (χ3n) is 5.47. The van der Waals surface area contributed by atoms with Crippen LogP contribution in [0.5, 0.6) is 0 Å². The second kappa shape index (κ2) is 7.56. The predicted octanol–water partition coefficient (Wildman–Crippen LogP) is 2.83. The molecule has 1 aliphatic heterocycles. The summed E-state index contributed by atoms with van der Waals surface area (Å²) in [7, 11) is 4.03. The van der Waals surface area contributed by atoms with Gasteiger partial charge >= 0.3 is 0 Å². The van der Waals surface area contributed by atoms with Crippen LogP contribution >= 0.6 is 0 Å². The Balaban J connectivity index is 1.41. The lowest BCUT2D eigenvalue weighted by molar-refractivity contribution is 0.0735. The van der Waals surface area contributed by atoms with Crippen LogP contribution in [0.2, 0.25) is 0 Å². The Morgan fingerprint density at radius 1 is 1.33 bits per heavy atom. The monoisotopic (exact) mass is 365 g/mol. The normalized spacial score (nSPS) is 18.1. The molecule has 6 nitrogen and oxygen atoms in total. The summed E-state index contributed by atoms with van der Waals surface area (Å²) in [5, 5.41) is 8.51. The molecule has 1 N–H and O–H groups in total. The number of hydrogen-bond acceptors (Lipinski definition) is 3. The van der Waals surface area contributed by atoms with Gasteiger partial charge in [-0.2, -0.15) is 5.10 Å². The first-order valence-electron chi connectivity index (χ1n) is 9.62. The maximum absolute atomic E-state index is 12.8. The predicted molar refractivity (Wildman–Crippen MR) is 107 cm³/mol. The number of likely N-dealkylation sites (tertiary alicyclic amines) is 1. The van der Waals surface area contributed by atoms with Crippen LogP contribution < -0.4 is 0 Å².